The summed E-state index contributed by atoms with van der Waals surface area (Å²) in [6.07, 6.45) is 3.14. The summed E-state index contributed by atoms with van der Waals surface area (Å²) >= 11 is 0. The third-order valence-corrected chi connectivity index (χ3v) is 3.00. The van der Waals surface area contributed by atoms with Crippen molar-refractivity contribution in [3.05, 3.63) is 0 Å². The van der Waals surface area contributed by atoms with Gasteiger partial charge in [-0.15, -0.1) is 0 Å². The van der Waals surface area contributed by atoms with Crippen LogP contribution in [0.15, 0.2) is 0 Å². The molecule has 19 heavy (non-hydrogen) atoms. The molecule has 112 valence electrons. The quantitative estimate of drug-likeness (QED) is 0.342. The summed E-state index contributed by atoms with van der Waals surface area (Å²) in [6.45, 7) is 0.622. The van der Waals surface area contributed by atoms with Crippen LogP contribution < -0.4 is 0 Å². The number of nitrogens with zero attached hydrogens (tertiary/aromatic N) is 1. The predicted octanol–water partition coefficient (Wildman–Crippen LogP) is 1.39. The molecular weight excluding hydrogens is 250 g/mol. The maximum absolute atomic E-state index is 12.1. The Morgan fingerprint density at radius 3 is 2.26 bits per heavy atom. The number of carbonyl (C=O) groups is 2. The molecule has 6 nitrogen and oxygen atoms in total. The van der Waals surface area contributed by atoms with Gasteiger partial charge in [0, 0.05) is 33.1 Å². The maximum atomic E-state index is 12.1. The lowest BCUT2D eigenvalue weighted by Crippen LogP contribution is -2.32. The van der Waals surface area contributed by atoms with Crippen molar-refractivity contribution < 1.29 is 23.9 Å². The lowest BCUT2D eigenvalue weighted by atomic mass is 9.96. The third-order valence-electron chi connectivity index (χ3n) is 3.00. The summed E-state index contributed by atoms with van der Waals surface area (Å²) in [5.74, 6) is -0.462. The number of amides is 1. The van der Waals surface area contributed by atoms with Crippen LogP contribution in [0, 0.1) is 5.92 Å². The summed E-state index contributed by atoms with van der Waals surface area (Å²) in [5, 5.41) is 1.23. The fourth-order valence-corrected chi connectivity index (χ4v) is 1.81. The smallest absolute Gasteiger partial charge is 0.305 e. The van der Waals surface area contributed by atoms with Crippen LogP contribution in [0.3, 0.4) is 0 Å². The predicted molar refractivity (Wildman–Crippen MR) is 70.2 cm³/mol. The number of hydrogen-bond acceptors (Lipinski definition) is 5. The Morgan fingerprint density at radius 2 is 1.74 bits per heavy atom. The minimum absolute atomic E-state index is 0.0662. The van der Waals surface area contributed by atoms with Crippen LogP contribution in [0.1, 0.15) is 32.1 Å². The van der Waals surface area contributed by atoms with Crippen LogP contribution in [-0.2, 0) is 23.9 Å². The zero-order valence-electron chi connectivity index (χ0n) is 12.3. The second kappa shape index (κ2) is 10.8. The van der Waals surface area contributed by atoms with E-state index in [-0.39, 0.29) is 17.8 Å². The van der Waals surface area contributed by atoms with E-state index in [1.807, 2.05) is 0 Å². The molecule has 0 spiro atoms. The molecule has 0 heterocycles. The highest BCUT2D eigenvalue weighted by molar-refractivity contribution is 5.77. The fraction of sp³-hybridized carbons (Fsp3) is 0.846. The molecule has 1 amide bonds. The van der Waals surface area contributed by atoms with Gasteiger partial charge in [-0.1, -0.05) is 0 Å². The Labute approximate surface area is 114 Å². The number of methoxy groups -OCH3 is 2. The standard InChI is InChI=1S/C13H25NO5/c1-14(19-4)13(16)11(8-6-10-17-2)7-5-9-12(15)18-3/h11H,5-10H2,1-4H3. The molecule has 0 saturated heterocycles. The van der Waals surface area contributed by atoms with Crippen LogP contribution >= 0.6 is 0 Å². The Kier molecular flexibility index (Phi) is 10.1. The molecule has 0 aromatic rings. The molecular formula is C13H25NO5. The SMILES string of the molecule is COCCCC(CCCC(=O)OC)C(=O)N(C)OC. The van der Waals surface area contributed by atoms with E-state index in [0.29, 0.717) is 25.9 Å². The van der Waals surface area contributed by atoms with Gasteiger partial charge >= 0.3 is 5.97 Å². The van der Waals surface area contributed by atoms with Gasteiger partial charge in [0.25, 0.3) is 0 Å². The van der Waals surface area contributed by atoms with E-state index in [9.17, 15) is 9.59 Å². The van der Waals surface area contributed by atoms with Gasteiger partial charge in [-0.25, -0.2) is 5.06 Å². The molecule has 0 aliphatic heterocycles. The van der Waals surface area contributed by atoms with Crippen LogP contribution in [0.5, 0.6) is 0 Å². The van der Waals surface area contributed by atoms with E-state index in [1.165, 1.54) is 19.3 Å². The maximum Gasteiger partial charge on any atom is 0.305 e. The molecule has 0 bridgehead atoms. The Morgan fingerprint density at radius 1 is 1.11 bits per heavy atom. The van der Waals surface area contributed by atoms with Gasteiger partial charge in [0.05, 0.1) is 14.2 Å². The van der Waals surface area contributed by atoms with Crippen molar-refractivity contribution >= 4 is 11.9 Å². The first-order valence-electron chi connectivity index (χ1n) is 6.44. The van der Waals surface area contributed by atoms with Gasteiger partial charge in [0.15, 0.2) is 0 Å². The molecule has 0 fully saturated rings. The zero-order valence-corrected chi connectivity index (χ0v) is 12.3. The van der Waals surface area contributed by atoms with Gasteiger partial charge in [0.2, 0.25) is 5.91 Å². The molecule has 0 aromatic carbocycles. The summed E-state index contributed by atoms with van der Waals surface area (Å²) in [7, 11) is 6.04. The lowest BCUT2D eigenvalue weighted by Gasteiger charge is -2.21. The van der Waals surface area contributed by atoms with Crippen molar-refractivity contribution in [1.82, 2.24) is 5.06 Å². The van der Waals surface area contributed by atoms with E-state index < -0.39 is 0 Å². The molecule has 0 aliphatic rings. The van der Waals surface area contributed by atoms with E-state index in [4.69, 9.17) is 9.57 Å². The fourth-order valence-electron chi connectivity index (χ4n) is 1.81. The number of carbonyl (C=O) groups excluding carboxylic acids is 2. The van der Waals surface area contributed by atoms with E-state index in [0.717, 1.165) is 12.8 Å². The Bertz CT molecular complexity index is 270. The molecule has 1 unspecified atom stereocenters. The summed E-state index contributed by atoms with van der Waals surface area (Å²) < 4.78 is 9.57. The van der Waals surface area contributed by atoms with Crippen LogP contribution in [0.25, 0.3) is 0 Å². The Hall–Kier alpha value is -1.14. The van der Waals surface area contributed by atoms with E-state index in [2.05, 4.69) is 4.74 Å². The summed E-state index contributed by atoms with van der Waals surface area (Å²) in [5.41, 5.74) is 0. The number of ether oxygens (including phenoxy) is 2. The second-order valence-electron chi connectivity index (χ2n) is 4.32. The average Bonchev–Trinajstić information content (AvgIpc) is 2.43. The molecule has 6 heteroatoms. The van der Waals surface area contributed by atoms with Crippen molar-refractivity contribution in [3.63, 3.8) is 0 Å². The third kappa shape index (κ3) is 7.79. The van der Waals surface area contributed by atoms with Gasteiger partial charge in [-0.05, 0) is 25.7 Å². The van der Waals surface area contributed by atoms with E-state index in [1.54, 1.807) is 14.2 Å². The van der Waals surface area contributed by atoms with Gasteiger partial charge in [-0.3, -0.25) is 14.4 Å². The van der Waals surface area contributed by atoms with Crippen molar-refractivity contribution in [2.45, 2.75) is 32.1 Å². The number of hydroxylamine groups is 2. The highest BCUT2D eigenvalue weighted by Crippen LogP contribution is 2.18. The Balaban J connectivity index is 4.24. The summed E-state index contributed by atoms with van der Waals surface area (Å²) in [4.78, 5) is 28.0. The van der Waals surface area contributed by atoms with E-state index >= 15 is 0 Å². The largest absolute Gasteiger partial charge is 0.469 e. The average molecular weight is 275 g/mol. The minimum Gasteiger partial charge on any atom is -0.469 e. The summed E-state index contributed by atoms with van der Waals surface area (Å²) in [6, 6.07) is 0. The second-order valence-corrected chi connectivity index (χ2v) is 4.32. The molecule has 0 rings (SSSR count). The molecule has 0 aromatic heterocycles. The number of esters is 1. The van der Waals surface area contributed by atoms with Crippen LogP contribution in [-0.4, -0.2) is 51.9 Å². The van der Waals surface area contributed by atoms with Gasteiger partial charge in [0.1, 0.15) is 0 Å². The van der Waals surface area contributed by atoms with Crippen LogP contribution in [0.4, 0.5) is 0 Å². The highest BCUT2D eigenvalue weighted by atomic mass is 16.7. The number of rotatable bonds is 10. The molecule has 0 N–H and O–H groups in total. The van der Waals surface area contributed by atoms with Crippen molar-refractivity contribution in [2.75, 3.05) is 35.0 Å². The van der Waals surface area contributed by atoms with Crippen molar-refractivity contribution in [1.29, 1.82) is 0 Å². The van der Waals surface area contributed by atoms with Gasteiger partial charge in [-0.2, -0.15) is 0 Å². The zero-order chi connectivity index (χ0) is 14.7. The topological polar surface area (TPSA) is 65.1 Å². The number of hydrogen-bond donors (Lipinski definition) is 0. The van der Waals surface area contributed by atoms with Crippen molar-refractivity contribution in [3.8, 4) is 0 Å². The first kappa shape index (κ1) is 17.9. The molecule has 0 aliphatic carbocycles. The molecule has 0 saturated carbocycles. The normalized spacial score (nSPS) is 12.0. The monoisotopic (exact) mass is 275 g/mol. The molecule has 1 atom stereocenters. The lowest BCUT2D eigenvalue weighted by molar-refractivity contribution is -0.174. The molecule has 0 radical (unpaired) electrons. The van der Waals surface area contributed by atoms with Crippen molar-refractivity contribution in [2.24, 2.45) is 5.92 Å². The minimum atomic E-state index is -0.247. The van der Waals surface area contributed by atoms with Crippen LogP contribution in [0.2, 0.25) is 0 Å². The first-order valence-corrected chi connectivity index (χ1v) is 6.44. The highest BCUT2D eigenvalue weighted by Gasteiger charge is 2.22. The first-order chi connectivity index (χ1) is 9.06. The van der Waals surface area contributed by atoms with Gasteiger partial charge < -0.3 is 9.47 Å².